The number of rotatable bonds is 3. The molecule has 0 atom stereocenters. The van der Waals surface area contributed by atoms with Gasteiger partial charge in [-0.2, -0.15) is 0 Å². The van der Waals surface area contributed by atoms with E-state index >= 15 is 0 Å². The van der Waals surface area contributed by atoms with Crippen LogP contribution >= 0.6 is 0 Å². The van der Waals surface area contributed by atoms with Crippen molar-refractivity contribution in [2.24, 2.45) is 0 Å². The Labute approximate surface area is 142 Å². The molecule has 0 saturated heterocycles. The van der Waals surface area contributed by atoms with E-state index in [-0.39, 0.29) is 0 Å². The van der Waals surface area contributed by atoms with Gasteiger partial charge < -0.3 is 9.72 Å². The topological polar surface area (TPSA) is 50.8 Å². The Morgan fingerprint density at radius 2 is 1.96 bits per heavy atom. The van der Waals surface area contributed by atoms with Crippen LogP contribution in [0.1, 0.15) is 49.3 Å². The van der Waals surface area contributed by atoms with Crippen molar-refractivity contribution in [3.63, 3.8) is 0 Å². The Hall–Kier alpha value is -2.36. The quantitative estimate of drug-likeness (QED) is 0.739. The third-order valence-electron chi connectivity index (χ3n) is 5.11. The molecule has 0 bridgehead atoms. The number of nitrogens with zero attached hydrogens (tertiary/aromatic N) is 2. The third kappa shape index (κ3) is 2.77. The first-order chi connectivity index (χ1) is 11.7. The first kappa shape index (κ1) is 15.2. The predicted molar refractivity (Wildman–Crippen MR) is 96.4 cm³/mol. The van der Waals surface area contributed by atoms with Gasteiger partial charge in [0.05, 0.1) is 23.8 Å². The highest BCUT2D eigenvalue weighted by molar-refractivity contribution is 5.80. The molecular weight excluding hydrogens is 298 g/mol. The van der Waals surface area contributed by atoms with Gasteiger partial charge in [0.15, 0.2) is 0 Å². The van der Waals surface area contributed by atoms with Crippen molar-refractivity contribution in [3.05, 3.63) is 41.7 Å². The number of ether oxygens (including phenoxy) is 1. The van der Waals surface area contributed by atoms with Crippen molar-refractivity contribution in [3.8, 4) is 17.1 Å². The summed E-state index contributed by atoms with van der Waals surface area (Å²) in [4.78, 5) is 12.8. The minimum absolute atomic E-state index is 0.638. The molecule has 4 rings (SSSR count). The van der Waals surface area contributed by atoms with Gasteiger partial charge in [-0.25, -0.2) is 9.97 Å². The lowest BCUT2D eigenvalue weighted by Gasteiger charge is -2.20. The van der Waals surface area contributed by atoms with Crippen LogP contribution < -0.4 is 4.74 Å². The largest absolute Gasteiger partial charge is 0.481 e. The summed E-state index contributed by atoms with van der Waals surface area (Å²) in [6, 6.07) is 8.39. The number of nitrogens with one attached hydrogen (secondary N) is 1. The van der Waals surface area contributed by atoms with E-state index in [1.807, 2.05) is 12.3 Å². The number of methoxy groups -OCH3 is 1. The van der Waals surface area contributed by atoms with Crippen molar-refractivity contribution in [1.29, 1.82) is 0 Å². The molecule has 0 amide bonds. The first-order valence-electron chi connectivity index (χ1n) is 8.75. The van der Waals surface area contributed by atoms with Crippen LogP contribution in [0.2, 0.25) is 0 Å². The molecule has 0 radical (unpaired) electrons. The number of aromatic amines is 1. The van der Waals surface area contributed by atoms with Crippen LogP contribution in [0.15, 0.2) is 30.5 Å². The van der Waals surface area contributed by atoms with Gasteiger partial charge in [-0.3, -0.25) is 0 Å². The molecular formula is C20H23N3O. The van der Waals surface area contributed by atoms with Gasteiger partial charge in [-0.1, -0.05) is 19.3 Å². The van der Waals surface area contributed by atoms with Gasteiger partial charge in [0.2, 0.25) is 5.88 Å². The van der Waals surface area contributed by atoms with Crippen molar-refractivity contribution in [2.75, 3.05) is 7.11 Å². The van der Waals surface area contributed by atoms with E-state index in [2.05, 4.69) is 35.1 Å². The summed E-state index contributed by atoms with van der Waals surface area (Å²) in [5, 5.41) is 0. The molecule has 3 aromatic heterocycles. The Bertz CT molecular complexity index is 862. The van der Waals surface area contributed by atoms with E-state index in [0.717, 1.165) is 27.9 Å². The average Bonchev–Trinajstić information content (AvgIpc) is 3.05. The number of hydrogen-bond donors (Lipinski definition) is 1. The summed E-state index contributed by atoms with van der Waals surface area (Å²) in [6.45, 7) is 2.07. The van der Waals surface area contributed by atoms with Crippen molar-refractivity contribution >= 4 is 11.0 Å². The Kier molecular flexibility index (Phi) is 3.97. The minimum atomic E-state index is 0.638. The molecule has 0 unspecified atom stereocenters. The molecule has 1 saturated carbocycles. The van der Waals surface area contributed by atoms with E-state index in [9.17, 15) is 0 Å². The van der Waals surface area contributed by atoms with Crippen molar-refractivity contribution < 1.29 is 4.74 Å². The van der Waals surface area contributed by atoms with Crippen molar-refractivity contribution in [2.45, 2.75) is 44.9 Å². The lowest BCUT2D eigenvalue weighted by atomic mass is 9.87. The zero-order chi connectivity index (χ0) is 16.5. The Balaban J connectivity index is 1.70. The monoisotopic (exact) mass is 321 g/mol. The van der Waals surface area contributed by atoms with E-state index < -0.39 is 0 Å². The fourth-order valence-corrected chi connectivity index (χ4v) is 3.72. The van der Waals surface area contributed by atoms with E-state index in [1.165, 1.54) is 37.8 Å². The van der Waals surface area contributed by atoms with Gasteiger partial charge in [-0.05, 0) is 49.4 Å². The van der Waals surface area contributed by atoms with Crippen LogP contribution in [0.5, 0.6) is 5.88 Å². The summed E-state index contributed by atoms with van der Waals surface area (Å²) >= 11 is 0. The second-order valence-electron chi connectivity index (χ2n) is 6.73. The molecule has 3 aromatic rings. The third-order valence-corrected chi connectivity index (χ3v) is 5.11. The maximum absolute atomic E-state index is 5.19. The fourth-order valence-electron chi connectivity index (χ4n) is 3.72. The highest BCUT2D eigenvalue weighted by Crippen LogP contribution is 2.34. The van der Waals surface area contributed by atoms with Crippen LogP contribution in [0.3, 0.4) is 0 Å². The van der Waals surface area contributed by atoms with Gasteiger partial charge in [0.25, 0.3) is 0 Å². The van der Waals surface area contributed by atoms with E-state index in [4.69, 9.17) is 9.72 Å². The Morgan fingerprint density at radius 1 is 1.12 bits per heavy atom. The highest BCUT2D eigenvalue weighted by atomic mass is 16.5. The maximum Gasteiger partial charge on any atom is 0.213 e. The molecule has 1 aliphatic rings. The average molecular weight is 321 g/mol. The standard InChI is InChI=1S/C20H23N3O/c1-13-10-20(24-2)21-12-15(13)16-8-9-17-19(22-16)11-18(23-17)14-6-4-3-5-7-14/h8-12,14,23H,3-7H2,1-2H3. The molecule has 1 N–H and O–H groups in total. The maximum atomic E-state index is 5.19. The zero-order valence-electron chi connectivity index (χ0n) is 14.3. The van der Waals surface area contributed by atoms with Gasteiger partial charge >= 0.3 is 0 Å². The SMILES string of the molecule is COc1cc(C)c(-c2ccc3[nH]c(C4CCCCC4)cc3n2)cn1. The molecule has 124 valence electrons. The van der Waals surface area contributed by atoms with E-state index in [1.54, 1.807) is 7.11 Å². The molecule has 0 spiro atoms. The Morgan fingerprint density at radius 3 is 2.71 bits per heavy atom. The molecule has 0 aliphatic heterocycles. The van der Waals surface area contributed by atoms with Gasteiger partial charge in [0.1, 0.15) is 0 Å². The van der Waals surface area contributed by atoms with Gasteiger partial charge in [-0.15, -0.1) is 0 Å². The second-order valence-corrected chi connectivity index (χ2v) is 6.73. The normalized spacial score (nSPS) is 15.8. The van der Waals surface area contributed by atoms with Crippen LogP contribution in [-0.2, 0) is 0 Å². The zero-order valence-corrected chi connectivity index (χ0v) is 14.3. The molecule has 3 heterocycles. The first-order valence-corrected chi connectivity index (χ1v) is 8.75. The summed E-state index contributed by atoms with van der Waals surface area (Å²) in [7, 11) is 1.64. The molecule has 0 aromatic carbocycles. The van der Waals surface area contributed by atoms with E-state index in [0.29, 0.717) is 11.8 Å². The summed E-state index contributed by atoms with van der Waals surface area (Å²) in [5.74, 6) is 1.30. The van der Waals surface area contributed by atoms with Crippen molar-refractivity contribution in [1.82, 2.24) is 15.0 Å². The predicted octanol–water partition coefficient (Wildman–Crippen LogP) is 4.99. The lowest BCUT2D eigenvalue weighted by Crippen LogP contribution is -2.04. The number of aromatic nitrogens is 3. The highest BCUT2D eigenvalue weighted by Gasteiger charge is 2.18. The summed E-state index contributed by atoms with van der Waals surface area (Å²) in [5.41, 5.74) is 6.65. The number of pyridine rings is 2. The molecule has 24 heavy (non-hydrogen) atoms. The summed E-state index contributed by atoms with van der Waals surface area (Å²) < 4.78 is 5.19. The molecule has 1 aliphatic carbocycles. The minimum Gasteiger partial charge on any atom is -0.481 e. The van der Waals surface area contributed by atoms with Crippen LogP contribution in [0.4, 0.5) is 0 Å². The number of aryl methyl sites for hydroxylation is 1. The second kappa shape index (κ2) is 6.27. The smallest absolute Gasteiger partial charge is 0.213 e. The van der Waals surface area contributed by atoms with Crippen LogP contribution in [0, 0.1) is 6.92 Å². The van der Waals surface area contributed by atoms with Crippen LogP contribution in [0.25, 0.3) is 22.3 Å². The fraction of sp³-hybridized carbons (Fsp3) is 0.400. The lowest BCUT2D eigenvalue weighted by molar-refractivity contribution is 0.397. The van der Waals surface area contributed by atoms with Gasteiger partial charge in [0, 0.05) is 23.5 Å². The summed E-state index contributed by atoms with van der Waals surface area (Å²) in [6.07, 6.45) is 8.49. The number of H-pyrrole nitrogens is 1. The molecule has 4 nitrogen and oxygen atoms in total. The molecule has 1 fully saturated rings. The molecule has 4 heteroatoms. The van der Waals surface area contributed by atoms with Crippen LogP contribution in [-0.4, -0.2) is 22.1 Å². The number of hydrogen-bond acceptors (Lipinski definition) is 3. The number of fused-ring (bicyclic) bond motifs is 1.